The summed E-state index contributed by atoms with van der Waals surface area (Å²) in [7, 11) is 1.57. The molecule has 1 aliphatic rings. The SMILES string of the molecule is COc1ccc(C)cc1NC(=O)COc1cccc2c1CCCC2O. The minimum Gasteiger partial charge on any atom is -0.495 e. The minimum absolute atomic E-state index is 0.0936. The molecule has 3 rings (SSSR count). The molecular weight excluding hydrogens is 318 g/mol. The zero-order chi connectivity index (χ0) is 17.8. The Kier molecular flexibility index (Phi) is 5.24. The van der Waals surface area contributed by atoms with Gasteiger partial charge in [0.05, 0.1) is 18.9 Å². The lowest BCUT2D eigenvalue weighted by Gasteiger charge is -2.23. The van der Waals surface area contributed by atoms with E-state index in [1.54, 1.807) is 7.11 Å². The highest BCUT2D eigenvalue weighted by Crippen LogP contribution is 2.35. The Balaban J connectivity index is 1.68. The van der Waals surface area contributed by atoms with Crippen molar-refractivity contribution in [1.82, 2.24) is 0 Å². The first-order valence-electron chi connectivity index (χ1n) is 8.45. The zero-order valence-corrected chi connectivity index (χ0v) is 14.5. The van der Waals surface area contributed by atoms with Crippen molar-refractivity contribution < 1.29 is 19.4 Å². The van der Waals surface area contributed by atoms with E-state index in [9.17, 15) is 9.90 Å². The fourth-order valence-corrected chi connectivity index (χ4v) is 3.17. The fraction of sp³-hybridized carbons (Fsp3) is 0.350. The van der Waals surface area contributed by atoms with Gasteiger partial charge in [-0.05, 0) is 61.1 Å². The Morgan fingerprint density at radius 3 is 2.92 bits per heavy atom. The smallest absolute Gasteiger partial charge is 0.262 e. The van der Waals surface area contributed by atoms with E-state index >= 15 is 0 Å². The van der Waals surface area contributed by atoms with Gasteiger partial charge in [-0.2, -0.15) is 0 Å². The predicted octanol–water partition coefficient (Wildman–Crippen LogP) is 3.39. The lowest BCUT2D eigenvalue weighted by atomic mass is 9.89. The summed E-state index contributed by atoms with van der Waals surface area (Å²) >= 11 is 0. The third-order valence-corrected chi connectivity index (χ3v) is 4.42. The summed E-state index contributed by atoms with van der Waals surface area (Å²) in [5.41, 5.74) is 3.57. The van der Waals surface area contributed by atoms with Gasteiger partial charge in [0.15, 0.2) is 6.61 Å². The Bertz CT molecular complexity index is 772. The third kappa shape index (κ3) is 3.94. The van der Waals surface area contributed by atoms with Crippen LogP contribution in [0.3, 0.4) is 0 Å². The Labute approximate surface area is 147 Å². The number of aliphatic hydroxyl groups is 1. The largest absolute Gasteiger partial charge is 0.495 e. The van der Waals surface area contributed by atoms with Gasteiger partial charge >= 0.3 is 0 Å². The van der Waals surface area contributed by atoms with Gasteiger partial charge in [0.2, 0.25) is 0 Å². The summed E-state index contributed by atoms with van der Waals surface area (Å²) in [6.45, 7) is 1.86. The van der Waals surface area contributed by atoms with Crippen LogP contribution in [0.5, 0.6) is 11.5 Å². The molecule has 2 N–H and O–H groups in total. The summed E-state index contributed by atoms with van der Waals surface area (Å²) < 4.78 is 11.0. The minimum atomic E-state index is -0.447. The number of methoxy groups -OCH3 is 1. The quantitative estimate of drug-likeness (QED) is 0.875. The van der Waals surface area contributed by atoms with E-state index in [2.05, 4.69) is 5.32 Å². The molecule has 132 valence electrons. The molecular formula is C20H23NO4. The van der Waals surface area contributed by atoms with E-state index in [0.717, 1.165) is 36.0 Å². The first kappa shape index (κ1) is 17.3. The first-order valence-corrected chi connectivity index (χ1v) is 8.45. The van der Waals surface area contributed by atoms with Gasteiger partial charge in [0.1, 0.15) is 11.5 Å². The molecule has 0 saturated heterocycles. The molecule has 0 aliphatic heterocycles. The van der Waals surface area contributed by atoms with Crippen molar-refractivity contribution in [2.75, 3.05) is 19.0 Å². The van der Waals surface area contributed by atoms with Crippen LogP contribution in [0, 0.1) is 6.92 Å². The van der Waals surface area contributed by atoms with Crippen LogP contribution in [0.1, 0.15) is 35.6 Å². The van der Waals surface area contributed by atoms with Crippen LogP contribution < -0.4 is 14.8 Å². The van der Waals surface area contributed by atoms with Gasteiger partial charge < -0.3 is 19.9 Å². The third-order valence-electron chi connectivity index (χ3n) is 4.42. The standard InChI is InChI=1S/C20H23NO4/c1-13-9-10-19(24-2)16(11-13)21-20(23)12-25-18-8-4-5-14-15(18)6-3-7-17(14)22/h4-5,8-11,17,22H,3,6-7,12H2,1-2H3,(H,21,23). The summed E-state index contributed by atoms with van der Waals surface area (Å²) in [6, 6.07) is 11.2. The lowest BCUT2D eigenvalue weighted by Crippen LogP contribution is -2.21. The van der Waals surface area contributed by atoms with Gasteiger partial charge in [-0.1, -0.05) is 18.2 Å². The molecule has 25 heavy (non-hydrogen) atoms. The highest BCUT2D eigenvalue weighted by atomic mass is 16.5. The van der Waals surface area contributed by atoms with Gasteiger partial charge in [0, 0.05) is 0 Å². The highest BCUT2D eigenvalue weighted by Gasteiger charge is 2.21. The first-order chi connectivity index (χ1) is 12.1. The monoisotopic (exact) mass is 341 g/mol. The van der Waals surface area contributed by atoms with Crippen molar-refractivity contribution >= 4 is 11.6 Å². The molecule has 2 aromatic carbocycles. The molecule has 0 spiro atoms. The van der Waals surface area contributed by atoms with Crippen LogP contribution >= 0.6 is 0 Å². The fourth-order valence-electron chi connectivity index (χ4n) is 3.17. The van der Waals surface area contributed by atoms with Gasteiger partial charge in [-0.15, -0.1) is 0 Å². The number of rotatable bonds is 5. The van der Waals surface area contributed by atoms with E-state index in [-0.39, 0.29) is 12.5 Å². The van der Waals surface area contributed by atoms with Crippen molar-refractivity contribution in [1.29, 1.82) is 0 Å². The molecule has 1 unspecified atom stereocenters. The number of hydrogen-bond acceptors (Lipinski definition) is 4. The van der Waals surface area contributed by atoms with E-state index < -0.39 is 6.10 Å². The number of anilines is 1. The normalized spacial score (nSPS) is 16.0. The highest BCUT2D eigenvalue weighted by molar-refractivity contribution is 5.93. The molecule has 0 radical (unpaired) electrons. The summed E-state index contributed by atoms with van der Waals surface area (Å²) in [4.78, 5) is 12.3. The number of carbonyl (C=O) groups excluding carboxylic acids is 1. The molecule has 1 amide bonds. The van der Waals surface area contributed by atoms with Gasteiger partial charge in [-0.3, -0.25) is 4.79 Å². The molecule has 1 aliphatic carbocycles. The molecule has 0 bridgehead atoms. The molecule has 0 fully saturated rings. The van der Waals surface area contributed by atoms with Crippen LogP contribution in [-0.4, -0.2) is 24.7 Å². The van der Waals surface area contributed by atoms with Gasteiger partial charge in [0.25, 0.3) is 5.91 Å². The van der Waals surface area contributed by atoms with Crippen molar-refractivity contribution in [3.05, 3.63) is 53.1 Å². The average Bonchev–Trinajstić information content (AvgIpc) is 2.60. The van der Waals surface area contributed by atoms with Crippen LogP contribution in [0.15, 0.2) is 36.4 Å². The van der Waals surface area contributed by atoms with E-state index in [4.69, 9.17) is 9.47 Å². The molecule has 2 aromatic rings. The molecule has 5 heteroatoms. The molecule has 1 atom stereocenters. The van der Waals surface area contributed by atoms with Crippen LogP contribution in [0.25, 0.3) is 0 Å². The number of fused-ring (bicyclic) bond motifs is 1. The topological polar surface area (TPSA) is 67.8 Å². The second-order valence-electron chi connectivity index (χ2n) is 6.27. The maximum Gasteiger partial charge on any atom is 0.262 e. The summed E-state index contributed by atoms with van der Waals surface area (Å²) in [5, 5.41) is 12.9. The second kappa shape index (κ2) is 7.57. The number of carbonyl (C=O) groups is 1. The van der Waals surface area contributed by atoms with E-state index in [1.807, 2.05) is 43.3 Å². The van der Waals surface area contributed by atoms with Crippen LogP contribution in [0.2, 0.25) is 0 Å². The second-order valence-corrected chi connectivity index (χ2v) is 6.27. The maximum absolute atomic E-state index is 12.3. The zero-order valence-electron chi connectivity index (χ0n) is 14.5. The molecule has 5 nitrogen and oxygen atoms in total. The van der Waals surface area contributed by atoms with Crippen LogP contribution in [0.4, 0.5) is 5.69 Å². The molecule has 0 saturated carbocycles. The molecule has 0 aromatic heterocycles. The number of aryl methyl sites for hydroxylation is 1. The number of aliphatic hydroxyl groups excluding tert-OH is 1. The van der Waals surface area contributed by atoms with Gasteiger partial charge in [-0.25, -0.2) is 0 Å². The Morgan fingerprint density at radius 1 is 1.28 bits per heavy atom. The lowest BCUT2D eigenvalue weighted by molar-refractivity contribution is -0.118. The van der Waals surface area contributed by atoms with Crippen molar-refractivity contribution in [3.63, 3.8) is 0 Å². The number of amides is 1. The van der Waals surface area contributed by atoms with Crippen LogP contribution in [-0.2, 0) is 11.2 Å². The van der Waals surface area contributed by atoms with Crippen molar-refractivity contribution in [2.24, 2.45) is 0 Å². The Hall–Kier alpha value is -2.53. The van der Waals surface area contributed by atoms with Crippen molar-refractivity contribution in [2.45, 2.75) is 32.3 Å². The maximum atomic E-state index is 12.3. The number of benzene rings is 2. The molecule has 0 heterocycles. The predicted molar refractivity (Wildman–Crippen MR) is 96.2 cm³/mol. The number of hydrogen-bond donors (Lipinski definition) is 2. The Morgan fingerprint density at radius 2 is 2.12 bits per heavy atom. The summed E-state index contributed by atoms with van der Waals surface area (Å²) in [6.07, 6.45) is 2.10. The van der Waals surface area contributed by atoms with E-state index in [1.165, 1.54) is 0 Å². The number of nitrogens with one attached hydrogen (secondary N) is 1. The van der Waals surface area contributed by atoms with E-state index in [0.29, 0.717) is 17.2 Å². The summed E-state index contributed by atoms with van der Waals surface area (Å²) in [5.74, 6) is 1.03. The number of ether oxygens (including phenoxy) is 2. The average molecular weight is 341 g/mol. The van der Waals surface area contributed by atoms with Crippen molar-refractivity contribution in [3.8, 4) is 11.5 Å².